The molecule has 2 heterocycles. The molecule has 0 unspecified atom stereocenters. The van der Waals surface area contributed by atoms with Gasteiger partial charge < -0.3 is 19.5 Å². The quantitative estimate of drug-likeness (QED) is 0.428. The average Bonchev–Trinajstić information content (AvgIpc) is 3.25. The van der Waals surface area contributed by atoms with E-state index in [2.05, 4.69) is 20.5 Å². The number of carbonyl (C=O) groups is 2. The number of hydrogen-bond donors (Lipinski definition) is 2. The fourth-order valence-corrected chi connectivity index (χ4v) is 4.64. The second-order valence-corrected chi connectivity index (χ2v) is 10.6. The van der Waals surface area contributed by atoms with E-state index < -0.39 is 45.8 Å². The minimum absolute atomic E-state index is 0.00463. The van der Waals surface area contributed by atoms with Gasteiger partial charge >= 0.3 is 12.3 Å². The predicted octanol–water partition coefficient (Wildman–Crippen LogP) is 3.78. The Kier molecular flexibility index (Phi) is 10.8. The van der Waals surface area contributed by atoms with E-state index in [4.69, 9.17) is 9.47 Å². The number of anilines is 2. The first-order chi connectivity index (χ1) is 18.9. The predicted molar refractivity (Wildman–Crippen MR) is 136 cm³/mol. The van der Waals surface area contributed by atoms with E-state index in [-0.39, 0.29) is 48.7 Å². The highest BCUT2D eigenvalue weighted by Gasteiger charge is 2.51. The van der Waals surface area contributed by atoms with E-state index in [1.165, 1.54) is 19.1 Å². The summed E-state index contributed by atoms with van der Waals surface area (Å²) in [5.74, 6) is -0.277. The van der Waals surface area contributed by atoms with Gasteiger partial charge in [0.15, 0.2) is 4.90 Å². The van der Waals surface area contributed by atoms with Gasteiger partial charge in [-0.2, -0.15) is 13.2 Å². The molecule has 2 N–H and O–H groups in total. The summed E-state index contributed by atoms with van der Waals surface area (Å²) in [6, 6.07) is 3.76. The SMILES string of the molecule is CCOc1nn(CC(F)F)cc1S(=O)(=O)N1CCOc2ccc(NC(=O)OC(C)(C)C(F)(F)F)cc21.CNC(C)=O. The van der Waals surface area contributed by atoms with Crippen LogP contribution in [0.2, 0.25) is 0 Å². The molecule has 0 aliphatic carbocycles. The van der Waals surface area contributed by atoms with Gasteiger partial charge in [0.25, 0.3) is 22.3 Å². The zero-order valence-electron chi connectivity index (χ0n) is 22.7. The average molecular weight is 616 g/mol. The summed E-state index contributed by atoms with van der Waals surface area (Å²) >= 11 is 0. The number of alkyl halides is 5. The van der Waals surface area contributed by atoms with Crippen LogP contribution in [0, 0.1) is 0 Å². The summed E-state index contributed by atoms with van der Waals surface area (Å²) < 4.78 is 108. The molecule has 0 spiro atoms. The van der Waals surface area contributed by atoms with Gasteiger partial charge in [-0.3, -0.25) is 19.1 Å². The van der Waals surface area contributed by atoms with Gasteiger partial charge in [-0.1, -0.05) is 0 Å². The lowest BCUT2D eigenvalue weighted by Crippen LogP contribution is -2.44. The lowest BCUT2D eigenvalue weighted by Gasteiger charge is -2.31. The first-order valence-corrected chi connectivity index (χ1v) is 13.4. The van der Waals surface area contributed by atoms with Crippen LogP contribution >= 0.6 is 0 Å². The molecule has 0 bridgehead atoms. The third-order valence-corrected chi connectivity index (χ3v) is 7.07. The molecule has 12 nitrogen and oxygen atoms in total. The molecule has 0 radical (unpaired) electrons. The molecule has 0 saturated carbocycles. The Morgan fingerprint density at radius 2 is 1.85 bits per heavy atom. The van der Waals surface area contributed by atoms with Crippen LogP contribution in [0.1, 0.15) is 27.7 Å². The van der Waals surface area contributed by atoms with Gasteiger partial charge in [0.2, 0.25) is 11.5 Å². The molecule has 2 amide bonds. The number of sulfonamides is 1. The van der Waals surface area contributed by atoms with Crippen molar-refractivity contribution in [3.63, 3.8) is 0 Å². The molecule has 1 aliphatic heterocycles. The van der Waals surface area contributed by atoms with Gasteiger partial charge in [-0.25, -0.2) is 22.0 Å². The summed E-state index contributed by atoms with van der Waals surface area (Å²) in [5.41, 5.74) is -2.92. The van der Waals surface area contributed by atoms with Gasteiger partial charge in [0.05, 0.1) is 18.8 Å². The minimum Gasteiger partial charge on any atom is -0.489 e. The maximum Gasteiger partial charge on any atom is 0.427 e. The number of fused-ring (bicyclic) bond motifs is 1. The van der Waals surface area contributed by atoms with Crippen LogP contribution in [-0.4, -0.2) is 75.2 Å². The van der Waals surface area contributed by atoms with E-state index in [1.54, 1.807) is 14.0 Å². The van der Waals surface area contributed by atoms with Crippen LogP contribution in [0.15, 0.2) is 29.3 Å². The molecular weight excluding hydrogens is 585 g/mol. The number of nitrogens with zero attached hydrogens (tertiary/aromatic N) is 3. The van der Waals surface area contributed by atoms with E-state index in [0.29, 0.717) is 13.8 Å². The molecule has 1 aliphatic rings. The molecule has 2 aromatic rings. The number of halogens is 5. The van der Waals surface area contributed by atoms with Gasteiger partial charge in [0.1, 0.15) is 18.9 Å². The first-order valence-electron chi connectivity index (χ1n) is 12.0. The molecular formula is C23H30F5N5O7S. The Balaban J connectivity index is 0.00000108. The normalized spacial score (nSPS) is 13.4. The molecule has 0 fully saturated rings. The molecule has 41 heavy (non-hydrogen) atoms. The summed E-state index contributed by atoms with van der Waals surface area (Å²) in [7, 11) is -2.83. The van der Waals surface area contributed by atoms with Crippen molar-refractivity contribution in [2.75, 3.05) is 36.4 Å². The maximum absolute atomic E-state index is 13.5. The Labute approximate surface area is 232 Å². The second-order valence-electron chi connectivity index (χ2n) is 8.78. The second kappa shape index (κ2) is 13.2. The molecule has 0 saturated heterocycles. The highest BCUT2D eigenvalue weighted by atomic mass is 32.2. The monoisotopic (exact) mass is 615 g/mol. The number of hydrogen-bond acceptors (Lipinski definition) is 8. The minimum atomic E-state index is -4.83. The molecule has 3 rings (SSSR count). The maximum atomic E-state index is 13.5. The van der Waals surface area contributed by atoms with Crippen LogP contribution in [-0.2, 0) is 26.1 Å². The molecule has 18 heteroatoms. The van der Waals surface area contributed by atoms with Crippen molar-refractivity contribution >= 4 is 33.4 Å². The number of ether oxygens (including phenoxy) is 3. The van der Waals surface area contributed by atoms with Crippen molar-refractivity contribution in [2.45, 2.75) is 57.3 Å². The van der Waals surface area contributed by atoms with Crippen molar-refractivity contribution in [3.8, 4) is 11.6 Å². The summed E-state index contributed by atoms with van der Waals surface area (Å²) in [6.07, 6.45) is -8.13. The van der Waals surface area contributed by atoms with E-state index in [9.17, 15) is 40.0 Å². The standard InChI is InChI=1S/C20H23F5N4O6S.C3H7NO/c1-4-33-17-15(10-28(27-17)11-16(21)22)36(31,32)29-7-8-34-14-6-5-12(9-13(14)29)26-18(30)35-19(2,3)20(23,24)25;1-3(5)4-2/h5-6,9-10,16H,4,7-8,11H2,1-3H3,(H,26,30);1-2H3,(H,4,5). The largest absolute Gasteiger partial charge is 0.489 e. The Morgan fingerprint density at radius 1 is 1.22 bits per heavy atom. The number of carbonyl (C=O) groups excluding carboxylic acids is 2. The van der Waals surface area contributed by atoms with E-state index in [0.717, 1.165) is 21.3 Å². The van der Waals surface area contributed by atoms with Crippen LogP contribution in [0.3, 0.4) is 0 Å². The number of benzene rings is 1. The fourth-order valence-electron chi connectivity index (χ4n) is 3.11. The molecule has 230 valence electrons. The summed E-state index contributed by atoms with van der Waals surface area (Å²) in [5, 5.41) is 8.30. The third-order valence-electron chi connectivity index (χ3n) is 5.28. The first kappa shape index (κ1) is 33.4. The lowest BCUT2D eigenvalue weighted by atomic mass is 10.1. The topological polar surface area (TPSA) is 141 Å². The Hall–Kier alpha value is -3.83. The fraction of sp³-hybridized carbons (Fsp3) is 0.522. The van der Waals surface area contributed by atoms with Crippen LogP contribution in [0.25, 0.3) is 0 Å². The smallest absolute Gasteiger partial charge is 0.427 e. The van der Waals surface area contributed by atoms with Crippen molar-refractivity contribution in [1.29, 1.82) is 0 Å². The van der Waals surface area contributed by atoms with Gasteiger partial charge in [-0.15, -0.1) is 5.10 Å². The number of rotatable bonds is 8. The molecule has 1 aromatic heterocycles. The van der Waals surface area contributed by atoms with Crippen molar-refractivity contribution < 1.29 is 54.2 Å². The Morgan fingerprint density at radius 3 is 2.39 bits per heavy atom. The highest BCUT2D eigenvalue weighted by molar-refractivity contribution is 7.93. The van der Waals surface area contributed by atoms with Crippen molar-refractivity contribution in [1.82, 2.24) is 15.1 Å². The number of nitrogens with one attached hydrogen (secondary N) is 2. The Bertz CT molecular complexity index is 1330. The van der Waals surface area contributed by atoms with E-state index in [1.807, 2.05) is 0 Å². The van der Waals surface area contributed by atoms with Crippen molar-refractivity contribution in [2.24, 2.45) is 0 Å². The molecule has 1 aromatic carbocycles. The van der Waals surface area contributed by atoms with Crippen LogP contribution < -0.4 is 24.4 Å². The molecule has 0 atom stereocenters. The highest BCUT2D eigenvalue weighted by Crippen LogP contribution is 2.39. The van der Waals surface area contributed by atoms with Crippen LogP contribution in [0.4, 0.5) is 38.1 Å². The van der Waals surface area contributed by atoms with Crippen LogP contribution in [0.5, 0.6) is 11.6 Å². The number of amides is 2. The lowest BCUT2D eigenvalue weighted by molar-refractivity contribution is -0.242. The number of aromatic nitrogens is 2. The zero-order chi connectivity index (χ0) is 31.2. The third kappa shape index (κ3) is 8.58. The zero-order valence-corrected chi connectivity index (χ0v) is 23.5. The van der Waals surface area contributed by atoms with Gasteiger partial charge in [0, 0.05) is 25.9 Å². The van der Waals surface area contributed by atoms with Gasteiger partial charge in [-0.05, 0) is 39.0 Å². The van der Waals surface area contributed by atoms with E-state index >= 15 is 0 Å². The summed E-state index contributed by atoms with van der Waals surface area (Å²) in [6.45, 7) is 3.27. The summed E-state index contributed by atoms with van der Waals surface area (Å²) in [4.78, 5) is 21.3. The van der Waals surface area contributed by atoms with Crippen molar-refractivity contribution in [3.05, 3.63) is 24.4 Å².